The van der Waals surface area contributed by atoms with E-state index in [0.717, 1.165) is 0 Å². The quantitative estimate of drug-likeness (QED) is 0.133. The van der Waals surface area contributed by atoms with Crippen molar-refractivity contribution in [3.8, 4) is 0 Å². The molecule has 1 aliphatic rings. The lowest BCUT2D eigenvalue weighted by Gasteiger charge is -2.35. The maximum Gasteiger partial charge on any atom is 0.333 e. The Morgan fingerprint density at radius 2 is 1.40 bits per heavy atom. The molecular formula is C23H42O7. The van der Waals surface area contributed by atoms with Crippen molar-refractivity contribution in [2.45, 2.75) is 117 Å². The highest BCUT2D eigenvalue weighted by Gasteiger charge is 2.34. The predicted octanol–water partition coefficient (Wildman–Crippen LogP) is 5.08. The van der Waals surface area contributed by atoms with Crippen LogP contribution in [-0.4, -0.2) is 47.7 Å². The first kappa shape index (κ1) is 27.0. The molecule has 0 amide bonds. The standard InChI is InChI=1S/C23H42O7/c1-17(19(24)26-16-18-15-25-18)11-12-23(10,30-28-21(5,6)7)14-13-22(8,9)29-27-20(2,3)4/h18H,1,11-16H2,2-10H3. The Hall–Kier alpha value is -0.990. The normalized spacial score (nSPS) is 19.3. The van der Waals surface area contributed by atoms with Crippen molar-refractivity contribution in [2.75, 3.05) is 13.2 Å². The number of carbonyl (C=O) groups excluding carboxylic acids is 1. The van der Waals surface area contributed by atoms with E-state index in [9.17, 15) is 4.79 Å². The summed E-state index contributed by atoms with van der Waals surface area (Å²) < 4.78 is 10.3. The number of ether oxygens (including phenoxy) is 2. The van der Waals surface area contributed by atoms with Crippen LogP contribution in [0.1, 0.15) is 88.0 Å². The molecule has 1 aliphatic heterocycles. The van der Waals surface area contributed by atoms with Gasteiger partial charge in [-0.15, -0.1) is 0 Å². The van der Waals surface area contributed by atoms with Crippen LogP contribution in [0.25, 0.3) is 0 Å². The Morgan fingerprint density at radius 1 is 0.867 bits per heavy atom. The van der Waals surface area contributed by atoms with E-state index in [2.05, 4.69) is 6.58 Å². The van der Waals surface area contributed by atoms with Gasteiger partial charge in [-0.3, -0.25) is 0 Å². The second-order valence-electron chi connectivity index (χ2n) is 10.9. The summed E-state index contributed by atoms with van der Waals surface area (Å²) in [5.41, 5.74) is -1.59. The molecule has 1 fully saturated rings. The zero-order valence-electron chi connectivity index (χ0n) is 20.4. The summed E-state index contributed by atoms with van der Waals surface area (Å²) in [6, 6.07) is 0. The smallest absolute Gasteiger partial charge is 0.333 e. The first-order valence-electron chi connectivity index (χ1n) is 10.7. The van der Waals surface area contributed by atoms with E-state index in [0.29, 0.717) is 37.9 Å². The fourth-order valence-corrected chi connectivity index (χ4v) is 2.23. The second-order valence-corrected chi connectivity index (χ2v) is 10.9. The molecule has 1 rings (SSSR count). The summed E-state index contributed by atoms with van der Waals surface area (Å²) in [6.07, 6.45) is 2.33. The molecular weight excluding hydrogens is 388 g/mol. The summed E-state index contributed by atoms with van der Waals surface area (Å²) in [5, 5.41) is 0. The van der Waals surface area contributed by atoms with Gasteiger partial charge in [0.2, 0.25) is 0 Å². The van der Waals surface area contributed by atoms with Gasteiger partial charge in [0, 0.05) is 5.57 Å². The number of carbonyl (C=O) groups is 1. The molecule has 30 heavy (non-hydrogen) atoms. The van der Waals surface area contributed by atoms with Gasteiger partial charge in [-0.05, 0) is 88.0 Å². The van der Waals surface area contributed by atoms with E-state index in [1.165, 1.54) is 0 Å². The van der Waals surface area contributed by atoms with Gasteiger partial charge in [0.05, 0.1) is 23.4 Å². The van der Waals surface area contributed by atoms with Crippen LogP contribution in [0.15, 0.2) is 12.2 Å². The molecule has 176 valence electrons. The highest BCUT2D eigenvalue weighted by atomic mass is 17.2. The van der Waals surface area contributed by atoms with Crippen LogP contribution >= 0.6 is 0 Å². The van der Waals surface area contributed by atoms with E-state index < -0.39 is 28.4 Å². The number of epoxide rings is 1. The molecule has 0 aromatic rings. The van der Waals surface area contributed by atoms with Gasteiger partial charge in [0.15, 0.2) is 0 Å². The van der Waals surface area contributed by atoms with Crippen LogP contribution in [0.2, 0.25) is 0 Å². The SMILES string of the molecule is C=C(CCC(C)(CCC(C)(C)OOC(C)(C)C)OOC(C)(C)C)C(=O)OCC1CO1. The van der Waals surface area contributed by atoms with Crippen LogP contribution in [-0.2, 0) is 33.8 Å². The van der Waals surface area contributed by atoms with Gasteiger partial charge in [0.25, 0.3) is 0 Å². The fourth-order valence-electron chi connectivity index (χ4n) is 2.23. The largest absolute Gasteiger partial charge is 0.459 e. The highest BCUT2D eigenvalue weighted by Crippen LogP contribution is 2.32. The molecule has 0 saturated carbocycles. The minimum atomic E-state index is -0.640. The molecule has 7 heteroatoms. The zero-order valence-corrected chi connectivity index (χ0v) is 20.4. The minimum absolute atomic E-state index is 0.0353. The van der Waals surface area contributed by atoms with Gasteiger partial charge in [0.1, 0.15) is 18.3 Å². The summed E-state index contributed by atoms with van der Waals surface area (Å²) in [5.74, 6) is -0.396. The molecule has 1 saturated heterocycles. The lowest BCUT2D eigenvalue weighted by atomic mass is 9.88. The maximum atomic E-state index is 12.1. The second kappa shape index (κ2) is 10.6. The van der Waals surface area contributed by atoms with E-state index >= 15 is 0 Å². The number of rotatable bonds is 13. The van der Waals surface area contributed by atoms with Crippen molar-refractivity contribution in [2.24, 2.45) is 0 Å². The lowest BCUT2D eigenvalue weighted by molar-refractivity contribution is -0.413. The Kier molecular flexibility index (Phi) is 9.51. The Morgan fingerprint density at radius 3 is 1.90 bits per heavy atom. The van der Waals surface area contributed by atoms with Crippen molar-refractivity contribution >= 4 is 5.97 Å². The summed E-state index contributed by atoms with van der Waals surface area (Å²) in [7, 11) is 0. The van der Waals surface area contributed by atoms with Crippen molar-refractivity contribution in [3.05, 3.63) is 12.2 Å². The highest BCUT2D eigenvalue weighted by molar-refractivity contribution is 5.87. The van der Waals surface area contributed by atoms with Crippen molar-refractivity contribution in [3.63, 3.8) is 0 Å². The van der Waals surface area contributed by atoms with Crippen LogP contribution in [0.3, 0.4) is 0 Å². The first-order valence-corrected chi connectivity index (χ1v) is 10.7. The number of hydrogen-bond acceptors (Lipinski definition) is 7. The Labute approximate surface area is 182 Å². The van der Waals surface area contributed by atoms with Gasteiger partial charge in [-0.1, -0.05) is 6.58 Å². The van der Waals surface area contributed by atoms with Crippen molar-refractivity contribution < 1.29 is 33.8 Å². The molecule has 0 radical (unpaired) electrons. The molecule has 2 unspecified atom stereocenters. The van der Waals surface area contributed by atoms with Crippen LogP contribution in [0.4, 0.5) is 0 Å². The molecule has 0 aromatic heterocycles. The molecule has 0 N–H and O–H groups in total. The fraction of sp³-hybridized carbons (Fsp3) is 0.870. The molecule has 0 aromatic carbocycles. The molecule has 2 atom stereocenters. The average Bonchev–Trinajstić information content (AvgIpc) is 3.43. The molecule has 1 heterocycles. The van der Waals surface area contributed by atoms with Crippen molar-refractivity contribution in [1.29, 1.82) is 0 Å². The van der Waals surface area contributed by atoms with Crippen LogP contribution < -0.4 is 0 Å². The summed E-state index contributed by atoms with van der Waals surface area (Å²) in [4.78, 5) is 34.8. The summed E-state index contributed by atoms with van der Waals surface area (Å²) >= 11 is 0. The first-order chi connectivity index (χ1) is 13.5. The van der Waals surface area contributed by atoms with Gasteiger partial charge in [-0.2, -0.15) is 0 Å². The van der Waals surface area contributed by atoms with E-state index in [-0.39, 0.29) is 12.7 Å². The molecule has 0 aliphatic carbocycles. The molecule has 0 spiro atoms. The number of esters is 1. The van der Waals surface area contributed by atoms with E-state index in [1.807, 2.05) is 62.3 Å². The monoisotopic (exact) mass is 430 g/mol. The van der Waals surface area contributed by atoms with Gasteiger partial charge < -0.3 is 9.47 Å². The molecule has 7 nitrogen and oxygen atoms in total. The Bertz CT molecular complexity index is 567. The van der Waals surface area contributed by atoms with Gasteiger partial charge in [-0.25, -0.2) is 24.3 Å². The lowest BCUT2D eigenvalue weighted by Crippen LogP contribution is -2.37. The average molecular weight is 431 g/mol. The minimum Gasteiger partial charge on any atom is -0.459 e. The van der Waals surface area contributed by atoms with Gasteiger partial charge >= 0.3 is 5.97 Å². The third-order valence-corrected chi connectivity index (χ3v) is 4.31. The van der Waals surface area contributed by atoms with E-state index in [4.69, 9.17) is 29.0 Å². The molecule has 0 bridgehead atoms. The summed E-state index contributed by atoms with van der Waals surface area (Å²) in [6.45, 7) is 22.3. The Balaban J connectivity index is 2.64. The maximum absolute atomic E-state index is 12.1. The van der Waals surface area contributed by atoms with E-state index in [1.54, 1.807) is 0 Å². The zero-order chi connectivity index (χ0) is 23.2. The van der Waals surface area contributed by atoms with Crippen LogP contribution in [0, 0.1) is 0 Å². The number of hydrogen-bond donors (Lipinski definition) is 0. The third kappa shape index (κ3) is 12.6. The topological polar surface area (TPSA) is 75.8 Å². The predicted molar refractivity (Wildman–Crippen MR) is 115 cm³/mol. The third-order valence-electron chi connectivity index (χ3n) is 4.31. The van der Waals surface area contributed by atoms with Crippen LogP contribution in [0.5, 0.6) is 0 Å². The van der Waals surface area contributed by atoms with Crippen molar-refractivity contribution in [1.82, 2.24) is 0 Å².